The van der Waals surface area contributed by atoms with E-state index in [1.165, 1.54) is 11.3 Å². The van der Waals surface area contributed by atoms with Crippen molar-refractivity contribution in [3.05, 3.63) is 29.8 Å². The highest BCUT2D eigenvalue weighted by molar-refractivity contribution is 7.18. The van der Waals surface area contributed by atoms with Crippen molar-refractivity contribution in [2.75, 3.05) is 12.4 Å². The first kappa shape index (κ1) is 10.3. The smallest absolute Gasteiger partial charge is 0.205 e. The molecule has 5 heteroatoms. The summed E-state index contributed by atoms with van der Waals surface area (Å²) in [6.07, 6.45) is 0. The summed E-state index contributed by atoms with van der Waals surface area (Å²) in [6.45, 7) is 2.04. The van der Waals surface area contributed by atoms with Gasteiger partial charge in [0.25, 0.3) is 0 Å². The first-order chi connectivity index (χ1) is 8.29. The van der Waals surface area contributed by atoms with Gasteiger partial charge in [0.05, 0.1) is 0 Å². The van der Waals surface area contributed by atoms with Gasteiger partial charge in [0.1, 0.15) is 5.58 Å². The molecule has 2 aromatic heterocycles. The quantitative estimate of drug-likeness (QED) is 0.752. The molecule has 3 rings (SSSR count). The highest BCUT2D eigenvalue weighted by atomic mass is 32.1. The molecule has 0 aliphatic heterocycles. The molecule has 0 atom stereocenters. The Hall–Kier alpha value is -1.88. The number of benzene rings is 1. The zero-order chi connectivity index (χ0) is 11.8. The Labute approximate surface area is 102 Å². The minimum atomic E-state index is 0.792. The number of anilines is 1. The van der Waals surface area contributed by atoms with Crippen LogP contribution in [-0.4, -0.2) is 17.2 Å². The molecule has 0 amide bonds. The molecule has 3 aromatic rings. The first-order valence-electron chi connectivity index (χ1n) is 5.29. The number of para-hydroxylation sites is 1. The van der Waals surface area contributed by atoms with Crippen LogP contribution < -0.4 is 5.32 Å². The molecule has 0 fully saturated rings. The standard InChI is InChI=1S/C12H11N3OS/c1-7-8-5-3-4-6-9(8)16-10(7)11-14-15-12(13-2)17-11/h3-6H,1-2H3,(H,13,15). The number of aromatic nitrogens is 2. The number of furan rings is 1. The summed E-state index contributed by atoms with van der Waals surface area (Å²) < 4.78 is 5.82. The molecule has 1 N–H and O–H groups in total. The summed E-state index contributed by atoms with van der Waals surface area (Å²) in [5.41, 5.74) is 2.00. The number of nitrogens with one attached hydrogen (secondary N) is 1. The molecule has 17 heavy (non-hydrogen) atoms. The van der Waals surface area contributed by atoms with E-state index < -0.39 is 0 Å². The van der Waals surface area contributed by atoms with Crippen LogP contribution in [0.3, 0.4) is 0 Å². The molecule has 0 saturated heterocycles. The number of hydrogen-bond donors (Lipinski definition) is 1. The van der Waals surface area contributed by atoms with Crippen LogP contribution in [0.1, 0.15) is 5.56 Å². The molecule has 0 radical (unpaired) electrons. The van der Waals surface area contributed by atoms with Crippen LogP contribution in [0.25, 0.3) is 21.7 Å². The van der Waals surface area contributed by atoms with Gasteiger partial charge in [0.15, 0.2) is 10.8 Å². The summed E-state index contributed by atoms with van der Waals surface area (Å²) >= 11 is 1.49. The van der Waals surface area contributed by atoms with Gasteiger partial charge in [-0.25, -0.2) is 0 Å². The topological polar surface area (TPSA) is 51.0 Å². The molecule has 0 saturated carbocycles. The van der Waals surface area contributed by atoms with Crippen molar-refractivity contribution in [1.29, 1.82) is 0 Å². The first-order valence-corrected chi connectivity index (χ1v) is 6.11. The lowest BCUT2D eigenvalue weighted by Crippen LogP contribution is -1.84. The Balaban J connectivity index is 2.20. The fourth-order valence-corrected chi connectivity index (χ4v) is 2.53. The molecular formula is C12H11N3OS. The average Bonchev–Trinajstić information content (AvgIpc) is 2.95. The molecule has 0 aliphatic carbocycles. The predicted octanol–water partition coefficient (Wildman–Crippen LogP) is 3.30. The van der Waals surface area contributed by atoms with E-state index >= 15 is 0 Å². The van der Waals surface area contributed by atoms with Gasteiger partial charge in [-0.15, -0.1) is 10.2 Å². The number of fused-ring (bicyclic) bond motifs is 1. The minimum absolute atomic E-state index is 0.792. The maximum absolute atomic E-state index is 5.82. The second-order valence-corrected chi connectivity index (χ2v) is 4.69. The highest BCUT2D eigenvalue weighted by Crippen LogP contribution is 2.35. The lowest BCUT2D eigenvalue weighted by atomic mass is 10.1. The van der Waals surface area contributed by atoms with E-state index in [2.05, 4.69) is 21.6 Å². The Bertz CT molecular complexity index is 671. The van der Waals surface area contributed by atoms with Crippen LogP contribution in [0.4, 0.5) is 5.13 Å². The molecular weight excluding hydrogens is 234 g/mol. The van der Waals surface area contributed by atoms with Crippen LogP contribution in [0.15, 0.2) is 28.7 Å². The van der Waals surface area contributed by atoms with Crippen LogP contribution in [0, 0.1) is 6.92 Å². The number of aryl methyl sites for hydroxylation is 1. The minimum Gasteiger partial charge on any atom is -0.453 e. The maximum atomic E-state index is 5.82. The van der Waals surface area contributed by atoms with Gasteiger partial charge in [0, 0.05) is 18.0 Å². The fraction of sp³-hybridized carbons (Fsp3) is 0.167. The van der Waals surface area contributed by atoms with E-state index in [1.807, 2.05) is 32.2 Å². The van der Waals surface area contributed by atoms with Crippen LogP contribution in [0.2, 0.25) is 0 Å². The van der Waals surface area contributed by atoms with Crippen molar-refractivity contribution in [1.82, 2.24) is 10.2 Å². The third-order valence-corrected chi connectivity index (χ3v) is 3.62. The zero-order valence-electron chi connectivity index (χ0n) is 9.52. The molecule has 0 aliphatic rings. The van der Waals surface area contributed by atoms with Gasteiger partial charge in [0.2, 0.25) is 5.13 Å². The summed E-state index contributed by atoms with van der Waals surface area (Å²) in [5.74, 6) is 0.810. The third-order valence-electron chi connectivity index (χ3n) is 2.68. The molecule has 0 unspecified atom stereocenters. The normalized spacial score (nSPS) is 10.9. The molecule has 86 valence electrons. The number of hydrogen-bond acceptors (Lipinski definition) is 5. The van der Waals surface area contributed by atoms with Gasteiger partial charge in [-0.1, -0.05) is 29.5 Å². The SMILES string of the molecule is CNc1nnc(-c2oc3ccccc3c2C)s1. The van der Waals surface area contributed by atoms with E-state index in [9.17, 15) is 0 Å². The third kappa shape index (κ3) is 1.59. The van der Waals surface area contributed by atoms with E-state index in [0.717, 1.165) is 32.4 Å². The van der Waals surface area contributed by atoms with Crippen molar-refractivity contribution in [3.8, 4) is 10.8 Å². The van der Waals surface area contributed by atoms with E-state index in [4.69, 9.17) is 4.42 Å². The molecule has 2 heterocycles. The van der Waals surface area contributed by atoms with Crippen LogP contribution in [0.5, 0.6) is 0 Å². The molecule has 0 bridgehead atoms. The number of rotatable bonds is 2. The Kier molecular flexibility index (Phi) is 2.33. The van der Waals surface area contributed by atoms with Gasteiger partial charge < -0.3 is 9.73 Å². The zero-order valence-corrected chi connectivity index (χ0v) is 10.3. The van der Waals surface area contributed by atoms with Gasteiger partial charge in [-0.05, 0) is 13.0 Å². The lowest BCUT2D eigenvalue weighted by Gasteiger charge is -1.90. The summed E-state index contributed by atoms with van der Waals surface area (Å²) in [4.78, 5) is 0. The van der Waals surface area contributed by atoms with Crippen molar-refractivity contribution in [3.63, 3.8) is 0 Å². The van der Waals surface area contributed by atoms with Crippen LogP contribution >= 0.6 is 11.3 Å². The Morgan fingerprint density at radius 1 is 1.24 bits per heavy atom. The van der Waals surface area contributed by atoms with Crippen LogP contribution in [-0.2, 0) is 0 Å². The second-order valence-electron chi connectivity index (χ2n) is 3.71. The molecule has 0 spiro atoms. The van der Waals surface area contributed by atoms with Crippen molar-refractivity contribution >= 4 is 27.4 Å². The monoisotopic (exact) mass is 245 g/mol. The Morgan fingerprint density at radius 3 is 2.76 bits per heavy atom. The largest absolute Gasteiger partial charge is 0.453 e. The summed E-state index contributed by atoms with van der Waals surface area (Å²) in [7, 11) is 1.83. The van der Waals surface area contributed by atoms with E-state index in [0.29, 0.717) is 0 Å². The second kappa shape index (κ2) is 3.85. The van der Waals surface area contributed by atoms with Gasteiger partial charge in [-0.3, -0.25) is 0 Å². The molecule has 1 aromatic carbocycles. The molecule has 4 nitrogen and oxygen atoms in total. The predicted molar refractivity (Wildman–Crippen MR) is 69.4 cm³/mol. The highest BCUT2D eigenvalue weighted by Gasteiger charge is 2.15. The lowest BCUT2D eigenvalue weighted by molar-refractivity contribution is 0.627. The van der Waals surface area contributed by atoms with Crippen molar-refractivity contribution in [2.45, 2.75) is 6.92 Å². The maximum Gasteiger partial charge on any atom is 0.205 e. The fourth-order valence-electron chi connectivity index (χ4n) is 1.79. The van der Waals surface area contributed by atoms with E-state index in [1.54, 1.807) is 0 Å². The number of nitrogens with zero attached hydrogens (tertiary/aromatic N) is 2. The van der Waals surface area contributed by atoms with Gasteiger partial charge >= 0.3 is 0 Å². The van der Waals surface area contributed by atoms with E-state index in [-0.39, 0.29) is 0 Å². The van der Waals surface area contributed by atoms with Crippen molar-refractivity contribution < 1.29 is 4.42 Å². The van der Waals surface area contributed by atoms with Crippen molar-refractivity contribution in [2.24, 2.45) is 0 Å². The summed E-state index contributed by atoms with van der Waals surface area (Å²) in [6, 6.07) is 7.99. The summed E-state index contributed by atoms with van der Waals surface area (Å²) in [5, 5.41) is 13.8. The average molecular weight is 245 g/mol. The van der Waals surface area contributed by atoms with Gasteiger partial charge in [-0.2, -0.15) is 0 Å². The Morgan fingerprint density at radius 2 is 2.06 bits per heavy atom.